The summed E-state index contributed by atoms with van der Waals surface area (Å²) in [6.45, 7) is 4.79. The third kappa shape index (κ3) is 7.24. The van der Waals surface area contributed by atoms with Gasteiger partial charge in [0.1, 0.15) is 0 Å². The van der Waals surface area contributed by atoms with Crippen LogP contribution in [0.2, 0.25) is 0 Å². The zero-order valence-corrected chi connectivity index (χ0v) is 19.4. The van der Waals surface area contributed by atoms with Crippen molar-refractivity contribution in [3.8, 4) is 0 Å². The molecule has 0 aromatic heterocycles. The van der Waals surface area contributed by atoms with Crippen molar-refractivity contribution in [2.45, 2.75) is 38.8 Å². The van der Waals surface area contributed by atoms with Crippen molar-refractivity contribution in [1.29, 1.82) is 0 Å². The Labute approximate surface area is 185 Å². The van der Waals surface area contributed by atoms with Crippen molar-refractivity contribution < 1.29 is 9.53 Å². The number of amides is 1. The molecule has 1 heterocycles. The number of halogens is 1. The van der Waals surface area contributed by atoms with Gasteiger partial charge in [-0.1, -0.05) is 24.3 Å². The molecule has 7 heteroatoms. The molecule has 156 valence electrons. The van der Waals surface area contributed by atoms with Gasteiger partial charge in [-0.3, -0.25) is 9.79 Å². The molecule has 6 nitrogen and oxygen atoms in total. The number of carbonyl (C=O) groups is 1. The van der Waals surface area contributed by atoms with Crippen LogP contribution in [0.5, 0.6) is 0 Å². The fourth-order valence-electron chi connectivity index (χ4n) is 3.26. The number of likely N-dealkylation sites (N-methyl/N-ethyl adjacent to an activating group) is 1. The van der Waals surface area contributed by atoms with Crippen LogP contribution in [0.1, 0.15) is 36.8 Å². The Morgan fingerprint density at radius 2 is 2.00 bits per heavy atom. The van der Waals surface area contributed by atoms with E-state index in [4.69, 9.17) is 4.74 Å². The smallest absolute Gasteiger partial charge is 0.222 e. The summed E-state index contributed by atoms with van der Waals surface area (Å²) in [6, 6.07) is 8.46. The van der Waals surface area contributed by atoms with E-state index in [1.54, 1.807) is 7.05 Å². The van der Waals surface area contributed by atoms with Crippen LogP contribution in [0, 0.1) is 5.92 Å². The third-order valence-corrected chi connectivity index (χ3v) is 5.21. The second-order valence-electron chi connectivity index (χ2n) is 7.58. The topological polar surface area (TPSA) is 57.2 Å². The van der Waals surface area contributed by atoms with Gasteiger partial charge in [-0.05, 0) is 36.3 Å². The average Bonchev–Trinajstić information content (AvgIpc) is 3.42. The first kappa shape index (κ1) is 22.9. The van der Waals surface area contributed by atoms with Crippen LogP contribution in [-0.4, -0.2) is 62.1 Å². The average molecular weight is 500 g/mol. The molecule has 1 aromatic rings. The maximum absolute atomic E-state index is 11.7. The summed E-state index contributed by atoms with van der Waals surface area (Å²) in [4.78, 5) is 20.1. The Balaban J connectivity index is 0.00000280. The lowest BCUT2D eigenvalue weighted by atomic mass is 10.1. The second kappa shape index (κ2) is 11.6. The Bertz CT molecular complexity index is 646. The first-order valence-corrected chi connectivity index (χ1v) is 10.0. The van der Waals surface area contributed by atoms with E-state index in [2.05, 4.69) is 39.5 Å². The van der Waals surface area contributed by atoms with Gasteiger partial charge in [-0.2, -0.15) is 0 Å². The number of ether oxygens (including phenoxy) is 1. The Kier molecular flexibility index (Phi) is 9.50. The van der Waals surface area contributed by atoms with Gasteiger partial charge in [0.05, 0.1) is 6.61 Å². The van der Waals surface area contributed by atoms with Gasteiger partial charge in [0.25, 0.3) is 0 Å². The minimum atomic E-state index is 0. The van der Waals surface area contributed by atoms with Crippen molar-refractivity contribution in [2.75, 3.05) is 40.4 Å². The number of guanidine groups is 1. The second-order valence-corrected chi connectivity index (χ2v) is 7.58. The maximum atomic E-state index is 11.7. The maximum Gasteiger partial charge on any atom is 0.222 e. The number of benzene rings is 1. The summed E-state index contributed by atoms with van der Waals surface area (Å²) in [6.07, 6.45) is 4.33. The molecule has 0 spiro atoms. The molecular weight excluding hydrogens is 467 g/mol. The fraction of sp³-hybridized carbons (Fsp3) is 0.619. The monoisotopic (exact) mass is 500 g/mol. The van der Waals surface area contributed by atoms with E-state index in [0.717, 1.165) is 57.7 Å². The van der Waals surface area contributed by atoms with E-state index in [0.29, 0.717) is 6.42 Å². The van der Waals surface area contributed by atoms with Gasteiger partial charge in [0, 0.05) is 53.3 Å². The van der Waals surface area contributed by atoms with Gasteiger partial charge in [0.15, 0.2) is 5.96 Å². The van der Waals surface area contributed by atoms with Crippen LogP contribution in [0.25, 0.3) is 0 Å². The number of hydrogen-bond donors (Lipinski definition) is 1. The zero-order valence-electron chi connectivity index (χ0n) is 17.0. The predicted octanol–water partition coefficient (Wildman–Crippen LogP) is 2.86. The number of aliphatic imine (C=N–C) groups is 1. The molecule has 1 saturated carbocycles. The molecule has 28 heavy (non-hydrogen) atoms. The van der Waals surface area contributed by atoms with E-state index in [1.807, 2.05) is 11.9 Å². The predicted molar refractivity (Wildman–Crippen MR) is 123 cm³/mol. The van der Waals surface area contributed by atoms with Crippen LogP contribution in [0.4, 0.5) is 0 Å². The highest BCUT2D eigenvalue weighted by atomic mass is 127. The van der Waals surface area contributed by atoms with E-state index >= 15 is 0 Å². The van der Waals surface area contributed by atoms with Gasteiger partial charge in [0.2, 0.25) is 5.91 Å². The first-order valence-electron chi connectivity index (χ1n) is 10.0. The molecule has 1 aliphatic carbocycles. The Morgan fingerprint density at radius 3 is 2.61 bits per heavy atom. The molecule has 1 saturated heterocycles. The van der Waals surface area contributed by atoms with Crippen LogP contribution < -0.4 is 5.32 Å². The van der Waals surface area contributed by atoms with Crippen LogP contribution >= 0.6 is 24.0 Å². The standard InChI is InChI=1S/C21H32N4O2.HI/c1-22-21(24(2)12-13-27-16-19-9-10-19)23-14-17-5-7-18(8-6-17)15-25-11-3-4-20(25)26;/h5-8,19H,3-4,9-16H2,1-2H3,(H,22,23);1H. The number of likely N-dealkylation sites (tertiary alicyclic amines) is 1. The molecular formula is C21H33IN4O2. The number of carbonyl (C=O) groups excluding carboxylic acids is 1. The minimum Gasteiger partial charge on any atom is -0.379 e. The first-order chi connectivity index (χ1) is 13.2. The minimum absolute atomic E-state index is 0. The number of nitrogens with one attached hydrogen (secondary N) is 1. The summed E-state index contributed by atoms with van der Waals surface area (Å²) >= 11 is 0. The molecule has 2 fully saturated rings. The quantitative estimate of drug-likeness (QED) is 0.245. The molecule has 0 unspecified atom stereocenters. The lowest BCUT2D eigenvalue weighted by molar-refractivity contribution is -0.128. The van der Waals surface area contributed by atoms with Crippen molar-refractivity contribution in [3.05, 3.63) is 35.4 Å². The lowest BCUT2D eigenvalue weighted by Crippen LogP contribution is -2.40. The van der Waals surface area contributed by atoms with Crippen LogP contribution in [0.15, 0.2) is 29.3 Å². The molecule has 0 radical (unpaired) electrons. The fourth-order valence-corrected chi connectivity index (χ4v) is 3.26. The molecule has 1 N–H and O–H groups in total. The highest BCUT2D eigenvalue weighted by Gasteiger charge is 2.21. The summed E-state index contributed by atoms with van der Waals surface area (Å²) in [5.41, 5.74) is 2.38. The van der Waals surface area contributed by atoms with Crippen LogP contribution in [0.3, 0.4) is 0 Å². The van der Waals surface area contributed by atoms with E-state index in [-0.39, 0.29) is 29.9 Å². The van der Waals surface area contributed by atoms with Crippen molar-refractivity contribution in [1.82, 2.24) is 15.1 Å². The summed E-state index contributed by atoms with van der Waals surface area (Å²) in [5.74, 6) is 1.95. The molecule has 3 rings (SSSR count). The van der Waals surface area contributed by atoms with E-state index in [1.165, 1.54) is 24.0 Å². The van der Waals surface area contributed by atoms with Gasteiger partial charge >= 0.3 is 0 Å². The molecule has 2 aliphatic rings. The van der Waals surface area contributed by atoms with Crippen molar-refractivity contribution >= 4 is 35.8 Å². The molecule has 1 aliphatic heterocycles. The number of hydrogen-bond acceptors (Lipinski definition) is 3. The summed E-state index contributed by atoms with van der Waals surface area (Å²) in [5, 5.41) is 3.40. The highest BCUT2D eigenvalue weighted by Crippen LogP contribution is 2.28. The molecule has 0 atom stereocenters. The van der Waals surface area contributed by atoms with Crippen molar-refractivity contribution in [2.24, 2.45) is 10.9 Å². The number of nitrogens with zero attached hydrogens (tertiary/aromatic N) is 3. The van der Waals surface area contributed by atoms with Crippen LogP contribution in [-0.2, 0) is 22.6 Å². The SMILES string of the molecule is CN=C(NCc1ccc(CN2CCCC2=O)cc1)N(C)CCOCC1CC1.I. The molecule has 1 aromatic carbocycles. The van der Waals surface area contributed by atoms with Gasteiger partial charge in [-0.15, -0.1) is 24.0 Å². The summed E-state index contributed by atoms with van der Waals surface area (Å²) in [7, 11) is 3.84. The van der Waals surface area contributed by atoms with E-state index < -0.39 is 0 Å². The summed E-state index contributed by atoms with van der Waals surface area (Å²) < 4.78 is 5.71. The zero-order chi connectivity index (χ0) is 19.1. The third-order valence-electron chi connectivity index (χ3n) is 5.21. The van der Waals surface area contributed by atoms with Gasteiger partial charge in [-0.25, -0.2) is 0 Å². The van der Waals surface area contributed by atoms with Gasteiger partial charge < -0.3 is 19.9 Å². The number of rotatable bonds is 9. The molecule has 1 amide bonds. The lowest BCUT2D eigenvalue weighted by Gasteiger charge is -2.22. The van der Waals surface area contributed by atoms with Crippen molar-refractivity contribution in [3.63, 3.8) is 0 Å². The highest BCUT2D eigenvalue weighted by molar-refractivity contribution is 14.0. The Hall–Kier alpha value is -1.35. The Morgan fingerprint density at radius 1 is 1.29 bits per heavy atom. The normalized spacial score (nSPS) is 16.9. The molecule has 0 bridgehead atoms. The largest absolute Gasteiger partial charge is 0.379 e. The van der Waals surface area contributed by atoms with E-state index in [9.17, 15) is 4.79 Å².